The van der Waals surface area contributed by atoms with Gasteiger partial charge in [-0.15, -0.1) is 0 Å². The highest BCUT2D eigenvalue weighted by atomic mass is 16.2. The molecule has 1 unspecified atom stereocenters. The number of aromatic nitrogens is 1. The molecule has 2 aromatic carbocycles. The van der Waals surface area contributed by atoms with E-state index in [0.717, 1.165) is 41.7 Å². The summed E-state index contributed by atoms with van der Waals surface area (Å²) in [4.78, 5) is 22.2. The topological polar surface area (TPSA) is 48.5 Å². The average molecular weight is 403 g/mol. The van der Waals surface area contributed by atoms with Gasteiger partial charge in [0, 0.05) is 41.9 Å². The Labute approximate surface area is 178 Å². The maximum atomic E-state index is 13.4. The first-order valence-corrected chi connectivity index (χ1v) is 10.9. The number of nitrogens with zero attached hydrogens (tertiary/aromatic N) is 3. The first-order chi connectivity index (χ1) is 14.7. The lowest BCUT2D eigenvalue weighted by Gasteiger charge is -2.30. The van der Waals surface area contributed by atoms with Crippen LogP contribution in [0.2, 0.25) is 0 Å². The Morgan fingerprint density at radius 1 is 1.07 bits per heavy atom. The van der Waals surface area contributed by atoms with Crippen molar-refractivity contribution in [3.8, 4) is 0 Å². The number of carbonyl (C=O) groups is 1. The van der Waals surface area contributed by atoms with Gasteiger partial charge in [-0.1, -0.05) is 37.3 Å². The maximum absolute atomic E-state index is 13.4. The lowest BCUT2D eigenvalue weighted by molar-refractivity contribution is -0.121. The number of hydrogen-bond acceptors (Lipinski definition) is 4. The molecule has 4 rings (SSSR count). The van der Waals surface area contributed by atoms with E-state index in [2.05, 4.69) is 39.2 Å². The number of amides is 1. The third kappa shape index (κ3) is 4.17. The van der Waals surface area contributed by atoms with Crippen LogP contribution >= 0.6 is 0 Å². The Hall–Kier alpha value is -2.92. The van der Waals surface area contributed by atoms with E-state index >= 15 is 0 Å². The molecule has 0 spiro atoms. The lowest BCUT2D eigenvalue weighted by Crippen LogP contribution is -2.34. The molecule has 1 amide bonds. The normalized spacial score (nSPS) is 15.4. The third-order valence-corrected chi connectivity index (χ3v) is 6.05. The Balaban J connectivity index is 1.67. The number of carbonyl (C=O) groups excluding carboxylic acids is 1. The maximum Gasteiger partial charge on any atom is 0.246 e. The highest BCUT2D eigenvalue weighted by molar-refractivity contribution is 6.07. The van der Waals surface area contributed by atoms with Crippen LogP contribution in [0, 0.1) is 0 Å². The van der Waals surface area contributed by atoms with Crippen molar-refractivity contribution < 1.29 is 4.79 Å². The quantitative estimate of drug-likeness (QED) is 0.640. The second-order valence-corrected chi connectivity index (χ2v) is 7.98. The monoisotopic (exact) mass is 402 g/mol. The minimum atomic E-state index is -0.343. The Bertz CT molecular complexity index is 998. The number of fused-ring (bicyclic) bond motifs is 1. The summed E-state index contributed by atoms with van der Waals surface area (Å²) in [6, 6.07) is 15.8. The fourth-order valence-electron chi connectivity index (χ4n) is 4.32. The van der Waals surface area contributed by atoms with Crippen molar-refractivity contribution in [1.29, 1.82) is 0 Å². The van der Waals surface area contributed by atoms with E-state index in [-0.39, 0.29) is 11.9 Å². The molecule has 5 nitrogen and oxygen atoms in total. The van der Waals surface area contributed by atoms with E-state index in [0.29, 0.717) is 0 Å². The van der Waals surface area contributed by atoms with Crippen molar-refractivity contribution in [3.05, 3.63) is 66.5 Å². The lowest BCUT2D eigenvalue weighted by atomic mass is 10.0. The number of likely N-dealkylation sites (N-methyl/N-ethyl adjacent to an activating group) is 1. The standard InChI is InChI=1S/C25H30N4O/c1-3-28(2)24(19-10-6-4-7-11-19)25(30)27-22-12-13-23(29-16-8-5-9-17-29)20-14-15-26-18-21(20)22/h4,6-7,10-15,18,24H,3,5,8-9,16-17H2,1-2H3,(H,27,30). The molecule has 5 heteroatoms. The molecule has 1 saturated heterocycles. The summed E-state index contributed by atoms with van der Waals surface area (Å²) in [6.07, 6.45) is 7.45. The number of piperidine rings is 1. The molecule has 0 saturated carbocycles. The van der Waals surface area contributed by atoms with Crippen LogP contribution in [-0.2, 0) is 4.79 Å². The molecule has 0 bridgehead atoms. The summed E-state index contributed by atoms with van der Waals surface area (Å²) in [7, 11) is 1.98. The Kier molecular flexibility index (Phi) is 6.29. The summed E-state index contributed by atoms with van der Waals surface area (Å²) in [5.41, 5.74) is 3.04. The van der Waals surface area contributed by atoms with Crippen LogP contribution in [0.5, 0.6) is 0 Å². The van der Waals surface area contributed by atoms with Gasteiger partial charge in [-0.2, -0.15) is 0 Å². The minimum Gasteiger partial charge on any atom is -0.371 e. The summed E-state index contributed by atoms with van der Waals surface area (Å²) in [5.74, 6) is -0.0265. The van der Waals surface area contributed by atoms with Crippen LogP contribution in [-0.4, -0.2) is 42.5 Å². The van der Waals surface area contributed by atoms with Crippen LogP contribution in [0.3, 0.4) is 0 Å². The van der Waals surface area contributed by atoms with Crippen molar-refractivity contribution in [1.82, 2.24) is 9.88 Å². The molecular weight excluding hydrogens is 372 g/mol. The summed E-state index contributed by atoms with van der Waals surface area (Å²) in [6.45, 7) is 5.01. The molecule has 156 valence electrons. The fourth-order valence-corrected chi connectivity index (χ4v) is 4.32. The van der Waals surface area contributed by atoms with Gasteiger partial charge in [0.15, 0.2) is 0 Å². The SMILES string of the molecule is CCN(C)C(C(=O)Nc1ccc(N2CCCCC2)c2ccncc12)c1ccccc1. The molecule has 1 N–H and O–H groups in total. The third-order valence-electron chi connectivity index (χ3n) is 6.05. The van der Waals surface area contributed by atoms with Gasteiger partial charge in [0.1, 0.15) is 6.04 Å². The summed E-state index contributed by atoms with van der Waals surface area (Å²) >= 11 is 0. The van der Waals surface area contributed by atoms with E-state index in [1.54, 1.807) is 0 Å². The molecule has 1 aromatic heterocycles. The predicted octanol–water partition coefficient (Wildman–Crippen LogP) is 4.86. The van der Waals surface area contributed by atoms with E-state index < -0.39 is 0 Å². The number of benzene rings is 2. The van der Waals surface area contributed by atoms with Crippen molar-refractivity contribution >= 4 is 28.1 Å². The highest BCUT2D eigenvalue weighted by Gasteiger charge is 2.25. The number of pyridine rings is 1. The van der Waals surface area contributed by atoms with Gasteiger partial charge in [-0.3, -0.25) is 14.7 Å². The van der Waals surface area contributed by atoms with E-state index in [1.165, 1.54) is 24.9 Å². The number of anilines is 2. The molecule has 0 aliphatic carbocycles. The van der Waals surface area contributed by atoms with Crippen molar-refractivity contribution in [2.75, 3.05) is 36.9 Å². The zero-order chi connectivity index (χ0) is 20.9. The van der Waals surface area contributed by atoms with Crippen molar-refractivity contribution in [2.24, 2.45) is 0 Å². The van der Waals surface area contributed by atoms with Crippen LogP contribution in [0.4, 0.5) is 11.4 Å². The van der Waals surface area contributed by atoms with Gasteiger partial charge < -0.3 is 10.2 Å². The van der Waals surface area contributed by atoms with Crippen LogP contribution in [0.25, 0.3) is 10.8 Å². The van der Waals surface area contributed by atoms with Crippen molar-refractivity contribution in [2.45, 2.75) is 32.2 Å². The first kappa shape index (κ1) is 20.4. The zero-order valence-corrected chi connectivity index (χ0v) is 17.8. The van der Waals surface area contributed by atoms with Gasteiger partial charge >= 0.3 is 0 Å². The van der Waals surface area contributed by atoms with Crippen LogP contribution < -0.4 is 10.2 Å². The fraction of sp³-hybridized carbons (Fsp3) is 0.360. The number of rotatable bonds is 6. The zero-order valence-electron chi connectivity index (χ0n) is 17.8. The molecule has 1 aliphatic rings. The van der Waals surface area contributed by atoms with Crippen LogP contribution in [0.15, 0.2) is 60.9 Å². The first-order valence-electron chi connectivity index (χ1n) is 10.9. The second kappa shape index (κ2) is 9.26. The smallest absolute Gasteiger partial charge is 0.246 e. The number of hydrogen-bond donors (Lipinski definition) is 1. The van der Waals surface area contributed by atoms with E-state index in [1.807, 2.05) is 55.8 Å². The molecule has 1 aliphatic heterocycles. The van der Waals surface area contributed by atoms with Crippen molar-refractivity contribution in [3.63, 3.8) is 0 Å². The molecule has 30 heavy (non-hydrogen) atoms. The molecule has 1 fully saturated rings. The largest absolute Gasteiger partial charge is 0.371 e. The van der Waals surface area contributed by atoms with E-state index in [4.69, 9.17) is 0 Å². The molecule has 2 heterocycles. The second-order valence-electron chi connectivity index (χ2n) is 7.98. The molecule has 3 aromatic rings. The molecular formula is C25H30N4O. The predicted molar refractivity (Wildman–Crippen MR) is 124 cm³/mol. The summed E-state index contributed by atoms with van der Waals surface area (Å²) in [5, 5.41) is 5.32. The van der Waals surface area contributed by atoms with Gasteiger partial charge in [-0.05, 0) is 56.6 Å². The van der Waals surface area contributed by atoms with Gasteiger partial charge in [-0.25, -0.2) is 0 Å². The number of nitrogens with one attached hydrogen (secondary N) is 1. The van der Waals surface area contributed by atoms with Gasteiger partial charge in [0.05, 0.1) is 5.69 Å². The minimum absolute atomic E-state index is 0.0265. The Morgan fingerprint density at radius 3 is 2.57 bits per heavy atom. The molecule has 0 radical (unpaired) electrons. The van der Waals surface area contributed by atoms with Gasteiger partial charge in [0.2, 0.25) is 5.91 Å². The summed E-state index contributed by atoms with van der Waals surface area (Å²) < 4.78 is 0. The average Bonchev–Trinajstić information content (AvgIpc) is 2.80. The Morgan fingerprint density at radius 2 is 1.83 bits per heavy atom. The highest BCUT2D eigenvalue weighted by Crippen LogP contribution is 2.34. The molecule has 1 atom stereocenters. The van der Waals surface area contributed by atoms with Gasteiger partial charge in [0.25, 0.3) is 0 Å². The van der Waals surface area contributed by atoms with Crippen LogP contribution in [0.1, 0.15) is 37.8 Å². The van der Waals surface area contributed by atoms with E-state index in [9.17, 15) is 4.79 Å².